The third-order valence-electron chi connectivity index (χ3n) is 2.45. The van der Waals surface area contributed by atoms with Crippen LogP contribution in [-0.2, 0) is 9.53 Å². The van der Waals surface area contributed by atoms with E-state index in [0.29, 0.717) is 25.3 Å². The average molecular weight is 252 g/mol. The predicted octanol–water partition coefficient (Wildman–Crippen LogP) is 1.39. The van der Waals surface area contributed by atoms with E-state index in [0.717, 1.165) is 5.75 Å². The normalized spacial score (nSPS) is 11.9. The molecule has 5 nitrogen and oxygen atoms in total. The molecule has 1 rings (SSSR count). The molecule has 0 heterocycles. The number of benzene rings is 1. The van der Waals surface area contributed by atoms with Gasteiger partial charge in [-0.25, -0.2) is 0 Å². The van der Waals surface area contributed by atoms with Crippen LogP contribution in [0.3, 0.4) is 0 Å². The lowest BCUT2D eigenvalue weighted by Crippen LogP contribution is -2.34. The number of hydrogen-bond donors (Lipinski definition) is 2. The lowest BCUT2D eigenvalue weighted by molar-refractivity contribution is -0.117. The van der Waals surface area contributed by atoms with Crippen molar-refractivity contribution in [2.24, 2.45) is 5.73 Å². The molecule has 18 heavy (non-hydrogen) atoms. The summed E-state index contributed by atoms with van der Waals surface area (Å²) in [6.45, 7) is 2.92. The van der Waals surface area contributed by atoms with Crippen LogP contribution in [0.15, 0.2) is 24.3 Å². The highest BCUT2D eigenvalue weighted by atomic mass is 16.5. The van der Waals surface area contributed by atoms with Crippen molar-refractivity contribution >= 4 is 11.6 Å². The molecule has 1 atom stereocenters. The van der Waals surface area contributed by atoms with Gasteiger partial charge in [0, 0.05) is 12.8 Å². The van der Waals surface area contributed by atoms with Crippen LogP contribution < -0.4 is 15.8 Å². The van der Waals surface area contributed by atoms with Gasteiger partial charge >= 0.3 is 0 Å². The number of methoxy groups -OCH3 is 1. The molecule has 3 N–H and O–H groups in total. The van der Waals surface area contributed by atoms with E-state index in [-0.39, 0.29) is 5.91 Å². The fourth-order valence-corrected chi connectivity index (χ4v) is 1.30. The van der Waals surface area contributed by atoms with Crippen LogP contribution in [0, 0.1) is 0 Å². The van der Waals surface area contributed by atoms with E-state index in [1.54, 1.807) is 31.4 Å². The molecule has 0 aliphatic rings. The Labute approximate surface area is 107 Å². The zero-order valence-corrected chi connectivity index (χ0v) is 10.8. The molecule has 0 spiro atoms. The summed E-state index contributed by atoms with van der Waals surface area (Å²) in [7, 11) is 1.62. The quantitative estimate of drug-likeness (QED) is 0.719. The van der Waals surface area contributed by atoms with Gasteiger partial charge in [0.1, 0.15) is 12.4 Å². The number of amides is 1. The van der Waals surface area contributed by atoms with Crippen molar-refractivity contribution in [2.75, 3.05) is 25.6 Å². The van der Waals surface area contributed by atoms with Gasteiger partial charge in [0.15, 0.2) is 0 Å². The smallest absolute Gasteiger partial charge is 0.241 e. The second-order valence-corrected chi connectivity index (χ2v) is 3.87. The molecule has 1 aromatic carbocycles. The summed E-state index contributed by atoms with van der Waals surface area (Å²) in [5, 5.41) is 2.74. The van der Waals surface area contributed by atoms with Gasteiger partial charge in [0.05, 0.1) is 12.6 Å². The minimum absolute atomic E-state index is 0.175. The minimum Gasteiger partial charge on any atom is -0.491 e. The van der Waals surface area contributed by atoms with Crippen molar-refractivity contribution in [2.45, 2.75) is 19.4 Å². The number of nitrogens with two attached hydrogens (primary N) is 1. The summed E-state index contributed by atoms with van der Waals surface area (Å²) in [4.78, 5) is 11.6. The Balaban J connectivity index is 2.47. The highest BCUT2D eigenvalue weighted by Crippen LogP contribution is 2.15. The van der Waals surface area contributed by atoms with E-state index in [4.69, 9.17) is 15.2 Å². The number of anilines is 1. The third-order valence-corrected chi connectivity index (χ3v) is 2.45. The number of ether oxygens (including phenoxy) is 2. The predicted molar refractivity (Wildman–Crippen MR) is 70.7 cm³/mol. The highest BCUT2D eigenvalue weighted by Gasteiger charge is 2.10. The number of hydrogen-bond acceptors (Lipinski definition) is 4. The second-order valence-electron chi connectivity index (χ2n) is 3.87. The number of carbonyl (C=O) groups excluding carboxylic acids is 1. The molecule has 100 valence electrons. The van der Waals surface area contributed by atoms with E-state index in [2.05, 4.69) is 5.32 Å². The van der Waals surface area contributed by atoms with Crippen LogP contribution in [0.4, 0.5) is 5.69 Å². The SMILES string of the molecule is CC[C@H](N)C(=O)Nc1ccc(OCCOC)cc1. The first-order valence-electron chi connectivity index (χ1n) is 5.95. The topological polar surface area (TPSA) is 73.6 Å². The summed E-state index contributed by atoms with van der Waals surface area (Å²) < 4.78 is 10.3. The number of rotatable bonds is 7. The van der Waals surface area contributed by atoms with E-state index in [1.165, 1.54) is 0 Å². The number of carbonyl (C=O) groups is 1. The maximum absolute atomic E-state index is 11.6. The Kier molecular flexibility index (Phi) is 6.18. The van der Waals surface area contributed by atoms with Crippen LogP contribution in [-0.4, -0.2) is 32.3 Å². The molecular formula is C13H20N2O3. The Morgan fingerprint density at radius 1 is 1.33 bits per heavy atom. The minimum atomic E-state index is -0.470. The Morgan fingerprint density at radius 3 is 2.56 bits per heavy atom. The van der Waals surface area contributed by atoms with Gasteiger partial charge in [-0.3, -0.25) is 4.79 Å². The van der Waals surface area contributed by atoms with Gasteiger partial charge < -0.3 is 20.5 Å². The van der Waals surface area contributed by atoms with Gasteiger partial charge in [0.2, 0.25) is 5.91 Å². The van der Waals surface area contributed by atoms with Gasteiger partial charge in [-0.1, -0.05) is 6.92 Å². The fourth-order valence-electron chi connectivity index (χ4n) is 1.30. The van der Waals surface area contributed by atoms with Crippen molar-refractivity contribution < 1.29 is 14.3 Å². The molecule has 0 unspecified atom stereocenters. The molecule has 0 aromatic heterocycles. The Hall–Kier alpha value is -1.59. The maximum atomic E-state index is 11.6. The zero-order chi connectivity index (χ0) is 13.4. The molecule has 0 radical (unpaired) electrons. The van der Waals surface area contributed by atoms with Crippen molar-refractivity contribution in [1.29, 1.82) is 0 Å². The van der Waals surface area contributed by atoms with Crippen LogP contribution in [0.2, 0.25) is 0 Å². The van der Waals surface area contributed by atoms with Crippen LogP contribution in [0.1, 0.15) is 13.3 Å². The monoisotopic (exact) mass is 252 g/mol. The Morgan fingerprint density at radius 2 is 2.00 bits per heavy atom. The van der Waals surface area contributed by atoms with Crippen LogP contribution >= 0.6 is 0 Å². The lowest BCUT2D eigenvalue weighted by atomic mass is 10.2. The van der Waals surface area contributed by atoms with E-state index >= 15 is 0 Å². The fraction of sp³-hybridized carbons (Fsp3) is 0.462. The largest absolute Gasteiger partial charge is 0.491 e. The first kappa shape index (κ1) is 14.5. The molecule has 1 amide bonds. The van der Waals surface area contributed by atoms with E-state index in [1.807, 2.05) is 6.92 Å². The van der Waals surface area contributed by atoms with Crippen molar-refractivity contribution in [3.8, 4) is 5.75 Å². The Bertz CT molecular complexity index is 365. The molecule has 5 heteroatoms. The summed E-state index contributed by atoms with van der Waals surface area (Å²) in [6, 6.07) is 6.68. The molecule has 0 fully saturated rings. The van der Waals surface area contributed by atoms with Gasteiger partial charge in [-0.15, -0.1) is 0 Å². The summed E-state index contributed by atoms with van der Waals surface area (Å²) >= 11 is 0. The van der Waals surface area contributed by atoms with Crippen LogP contribution in [0.5, 0.6) is 5.75 Å². The molecule has 0 aliphatic heterocycles. The summed E-state index contributed by atoms with van der Waals surface area (Å²) in [5.74, 6) is 0.565. The zero-order valence-electron chi connectivity index (χ0n) is 10.8. The average Bonchev–Trinajstić information content (AvgIpc) is 2.40. The molecule has 0 saturated heterocycles. The first-order chi connectivity index (χ1) is 8.67. The third kappa shape index (κ3) is 4.73. The second kappa shape index (κ2) is 7.68. The molecule has 0 bridgehead atoms. The van der Waals surface area contributed by atoms with E-state index in [9.17, 15) is 4.79 Å². The molecule has 0 aliphatic carbocycles. The molecular weight excluding hydrogens is 232 g/mol. The van der Waals surface area contributed by atoms with Gasteiger partial charge in [-0.2, -0.15) is 0 Å². The van der Waals surface area contributed by atoms with Crippen LogP contribution in [0.25, 0.3) is 0 Å². The van der Waals surface area contributed by atoms with Crippen molar-refractivity contribution in [1.82, 2.24) is 0 Å². The highest BCUT2D eigenvalue weighted by molar-refractivity contribution is 5.94. The van der Waals surface area contributed by atoms with Crippen molar-refractivity contribution in [3.05, 3.63) is 24.3 Å². The van der Waals surface area contributed by atoms with Gasteiger partial charge in [0.25, 0.3) is 0 Å². The van der Waals surface area contributed by atoms with Crippen molar-refractivity contribution in [3.63, 3.8) is 0 Å². The lowest BCUT2D eigenvalue weighted by Gasteiger charge is -2.11. The standard InChI is InChI=1S/C13H20N2O3/c1-3-12(14)13(16)15-10-4-6-11(7-5-10)18-9-8-17-2/h4-7,12H,3,8-9,14H2,1-2H3,(H,15,16)/t12-/m0/s1. The number of nitrogens with one attached hydrogen (secondary N) is 1. The summed E-state index contributed by atoms with van der Waals surface area (Å²) in [6.07, 6.45) is 0.615. The van der Waals surface area contributed by atoms with Gasteiger partial charge in [-0.05, 0) is 30.7 Å². The molecule has 0 saturated carbocycles. The van der Waals surface area contributed by atoms with E-state index < -0.39 is 6.04 Å². The first-order valence-corrected chi connectivity index (χ1v) is 5.95. The maximum Gasteiger partial charge on any atom is 0.241 e. The summed E-state index contributed by atoms with van der Waals surface area (Å²) in [5.41, 5.74) is 6.34. The molecule has 1 aromatic rings.